The fourth-order valence-corrected chi connectivity index (χ4v) is 4.69. The molecule has 0 aliphatic heterocycles. The Hall–Kier alpha value is -2.30. The van der Waals surface area contributed by atoms with E-state index in [1.165, 1.54) is 12.1 Å². The first-order valence-corrected chi connectivity index (χ1v) is 11.7. The number of aryl methyl sites for hydroxylation is 2. The summed E-state index contributed by atoms with van der Waals surface area (Å²) < 4.78 is 40.9. The van der Waals surface area contributed by atoms with Crippen LogP contribution in [0.4, 0.5) is 15.2 Å². The third kappa shape index (κ3) is 5.84. The molecule has 0 unspecified atom stereocenters. The molecule has 1 aromatic heterocycles. The van der Waals surface area contributed by atoms with Crippen LogP contribution in [-0.4, -0.2) is 19.3 Å². The zero-order valence-corrected chi connectivity index (χ0v) is 18.5. The van der Waals surface area contributed by atoms with Crippen molar-refractivity contribution in [1.29, 1.82) is 0 Å². The number of amides is 1. The Morgan fingerprint density at radius 2 is 1.93 bits per heavy atom. The van der Waals surface area contributed by atoms with Crippen LogP contribution in [-0.2, 0) is 21.2 Å². The van der Waals surface area contributed by atoms with Gasteiger partial charge in [-0.3, -0.25) is 9.52 Å². The third-order valence-electron chi connectivity index (χ3n) is 3.95. The largest absolute Gasteiger partial charge is 0.326 e. The van der Waals surface area contributed by atoms with Crippen molar-refractivity contribution in [3.8, 4) is 0 Å². The second-order valence-electron chi connectivity index (χ2n) is 6.22. The molecule has 0 spiro atoms. The molecule has 152 valence electrons. The average molecular weight is 498 g/mol. The number of aromatic nitrogens is 1. The highest BCUT2D eigenvalue weighted by molar-refractivity contribution is 9.10. The number of thiazole rings is 1. The fraction of sp³-hybridized carbons (Fsp3) is 0.158. The molecule has 0 fully saturated rings. The average Bonchev–Trinajstić information content (AvgIpc) is 3.10. The van der Waals surface area contributed by atoms with Crippen LogP contribution in [0.2, 0.25) is 0 Å². The summed E-state index contributed by atoms with van der Waals surface area (Å²) in [4.78, 5) is 16.3. The smallest absolute Gasteiger partial charge is 0.263 e. The van der Waals surface area contributed by atoms with Gasteiger partial charge in [0.15, 0.2) is 5.13 Å². The SMILES string of the molecule is Cc1cc(NC(=O)CCc2csc(NS(=O)(=O)c3ccc(F)cc3)n2)ccc1Br. The van der Waals surface area contributed by atoms with Gasteiger partial charge in [0.2, 0.25) is 5.91 Å². The quantitative estimate of drug-likeness (QED) is 0.493. The number of sulfonamides is 1. The first-order valence-electron chi connectivity index (χ1n) is 8.52. The van der Waals surface area contributed by atoms with E-state index < -0.39 is 15.8 Å². The number of halogens is 2. The molecular formula is C19H17BrFN3O3S2. The highest BCUT2D eigenvalue weighted by Crippen LogP contribution is 2.22. The molecule has 0 bridgehead atoms. The van der Waals surface area contributed by atoms with Gasteiger partial charge in [-0.2, -0.15) is 0 Å². The minimum atomic E-state index is -3.85. The molecular weight excluding hydrogens is 481 g/mol. The molecule has 0 aliphatic carbocycles. The van der Waals surface area contributed by atoms with Crippen LogP contribution in [0, 0.1) is 12.7 Å². The van der Waals surface area contributed by atoms with Gasteiger partial charge >= 0.3 is 0 Å². The Morgan fingerprint density at radius 3 is 2.62 bits per heavy atom. The highest BCUT2D eigenvalue weighted by atomic mass is 79.9. The van der Waals surface area contributed by atoms with E-state index in [0.29, 0.717) is 17.8 Å². The first-order chi connectivity index (χ1) is 13.7. The van der Waals surface area contributed by atoms with Crippen LogP contribution in [0.15, 0.2) is 57.2 Å². The molecule has 0 saturated heterocycles. The maximum Gasteiger partial charge on any atom is 0.263 e. The van der Waals surface area contributed by atoms with Crippen LogP contribution in [0.3, 0.4) is 0 Å². The summed E-state index contributed by atoms with van der Waals surface area (Å²) >= 11 is 4.53. The molecule has 29 heavy (non-hydrogen) atoms. The summed E-state index contributed by atoms with van der Waals surface area (Å²) in [5.41, 5.74) is 2.33. The van der Waals surface area contributed by atoms with Gasteiger partial charge in [0.05, 0.1) is 10.6 Å². The summed E-state index contributed by atoms with van der Waals surface area (Å²) in [6.45, 7) is 1.93. The van der Waals surface area contributed by atoms with E-state index in [9.17, 15) is 17.6 Å². The zero-order chi connectivity index (χ0) is 21.0. The lowest BCUT2D eigenvalue weighted by molar-refractivity contribution is -0.116. The minimum Gasteiger partial charge on any atom is -0.326 e. The number of benzene rings is 2. The second kappa shape index (κ2) is 9.02. The van der Waals surface area contributed by atoms with Gasteiger partial charge in [-0.05, 0) is 61.4 Å². The molecule has 10 heteroatoms. The molecule has 0 atom stereocenters. The lowest BCUT2D eigenvalue weighted by Gasteiger charge is -2.06. The normalized spacial score (nSPS) is 11.3. The number of nitrogens with one attached hydrogen (secondary N) is 2. The van der Waals surface area contributed by atoms with Crippen molar-refractivity contribution in [2.24, 2.45) is 0 Å². The topological polar surface area (TPSA) is 88.2 Å². The molecule has 0 saturated carbocycles. The van der Waals surface area contributed by atoms with Crippen molar-refractivity contribution < 1.29 is 17.6 Å². The summed E-state index contributed by atoms with van der Waals surface area (Å²) in [6, 6.07) is 10.1. The van der Waals surface area contributed by atoms with E-state index in [2.05, 4.69) is 31.0 Å². The number of anilines is 2. The van der Waals surface area contributed by atoms with Crippen molar-refractivity contribution in [2.75, 3.05) is 10.0 Å². The molecule has 2 aromatic carbocycles. The summed E-state index contributed by atoms with van der Waals surface area (Å²) in [5, 5.41) is 4.71. The summed E-state index contributed by atoms with van der Waals surface area (Å²) in [5.74, 6) is -0.676. The molecule has 0 aliphatic rings. The number of rotatable bonds is 7. The predicted molar refractivity (Wildman–Crippen MR) is 115 cm³/mol. The third-order valence-corrected chi connectivity index (χ3v) is 7.13. The lowest BCUT2D eigenvalue weighted by Crippen LogP contribution is -2.13. The second-order valence-corrected chi connectivity index (χ2v) is 9.61. The van der Waals surface area contributed by atoms with Crippen molar-refractivity contribution >= 4 is 54.0 Å². The molecule has 1 amide bonds. The Balaban J connectivity index is 1.56. The maximum atomic E-state index is 13.0. The van der Waals surface area contributed by atoms with Crippen LogP contribution < -0.4 is 10.0 Å². The molecule has 3 rings (SSSR count). The predicted octanol–water partition coefficient (Wildman–Crippen LogP) is 4.73. The van der Waals surface area contributed by atoms with Gasteiger partial charge in [-0.25, -0.2) is 17.8 Å². The van der Waals surface area contributed by atoms with Crippen LogP contribution in [0.25, 0.3) is 0 Å². The van der Waals surface area contributed by atoms with Gasteiger partial charge in [-0.15, -0.1) is 11.3 Å². The number of carbonyl (C=O) groups excluding carboxylic acids is 1. The fourth-order valence-electron chi connectivity index (χ4n) is 2.44. The van der Waals surface area contributed by atoms with E-state index in [0.717, 1.165) is 33.5 Å². The van der Waals surface area contributed by atoms with Crippen molar-refractivity contribution in [3.05, 3.63) is 69.4 Å². The van der Waals surface area contributed by atoms with E-state index in [4.69, 9.17) is 0 Å². The standard InChI is InChI=1S/C19H17BrFN3O3S2/c1-12-10-14(4-8-17(12)20)22-18(25)9-5-15-11-28-19(23-15)24-29(26,27)16-6-2-13(21)3-7-16/h2-4,6-8,10-11H,5,9H2,1H3,(H,22,25)(H,23,24). The van der Waals surface area contributed by atoms with Crippen molar-refractivity contribution in [2.45, 2.75) is 24.7 Å². The number of carbonyl (C=O) groups is 1. The summed E-state index contributed by atoms with van der Waals surface area (Å²) in [7, 11) is -3.85. The van der Waals surface area contributed by atoms with E-state index in [-0.39, 0.29) is 22.4 Å². The van der Waals surface area contributed by atoms with Crippen LogP contribution in [0.1, 0.15) is 17.7 Å². The van der Waals surface area contributed by atoms with E-state index >= 15 is 0 Å². The van der Waals surface area contributed by atoms with Gasteiger partial charge < -0.3 is 5.32 Å². The Labute approximate surface area is 180 Å². The number of nitrogens with zero attached hydrogens (tertiary/aromatic N) is 1. The monoisotopic (exact) mass is 497 g/mol. The lowest BCUT2D eigenvalue weighted by atomic mass is 10.2. The number of hydrogen-bond acceptors (Lipinski definition) is 5. The summed E-state index contributed by atoms with van der Waals surface area (Å²) in [6.07, 6.45) is 0.582. The minimum absolute atomic E-state index is 0.0557. The maximum absolute atomic E-state index is 13.0. The Kier molecular flexibility index (Phi) is 6.66. The molecule has 1 heterocycles. The van der Waals surface area contributed by atoms with Gasteiger partial charge in [-0.1, -0.05) is 15.9 Å². The molecule has 6 nitrogen and oxygen atoms in total. The van der Waals surface area contributed by atoms with Gasteiger partial charge in [0.1, 0.15) is 5.82 Å². The van der Waals surface area contributed by atoms with Gasteiger partial charge in [0, 0.05) is 22.0 Å². The molecule has 3 aromatic rings. The Morgan fingerprint density at radius 1 is 1.21 bits per heavy atom. The molecule has 2 N–H and O–H groups in total. The van der Waals surface area contributed by atoms with Crippen molar-refractivity contribution in [3.63, 3.8) is 0 Å². The van der Waals surface area contributed by atoms with Crippen LogP contribution in [0.5, 0.6) is 0 Å². The van der Waals surface area contributed by atoms with E-state index in [1.54, 1.807) is 11.4 Å². The molecule has 0 radical (unpaired) electrons. The Bertz CT molecular complexity index is 1130. The zero-order valence-electron chi connectivity index (χ0n) is 15.3. The van der Waals surface area contributed by atoms with E-state index in [1.807, 2.05) is 19.1 Å². The number of hydrogen-bond donors (Lipinski definition) is 2. The van der Waals surface area contributed by atoms with Gasteiger partial charge in [0.25, 0.3) is 10.0 Å². The van der Waals surface area contributed by atoms with Crippen molar-refractivity contribution in [1.82, 2.24) is 4.98 Å². The highest BCUT2D eigenvalue weighted by Gasteiger charge is 2.16. The van der Waals surface area contributed by atoms with Crippen LogP contribution >= 0.6 is 27.3 Å². The first kappa shape index (κ1) is 21.4.